The zero-order valence-electron chi connectivity index (χ0n) is 7.30. The maximum Gasteiger partial charge on any atom is 0.309 e. The smallest absolute Gasteiger partial charge is 0.309 e. The van der Waals surface area contributed by atoms with E-state index in [-0.39, 0.29) is 5.60 Å². The zero-order valence-corrected chi connectivity index (χ0v) is 7.30. The molecule has 0 bridgehead atoms. The lowest BCUT2D eigenvalue weighted by atomic mass is 9.79. The van der Waals surface area contributed by atoms with E-state index < -0.39 is 11.4 Å². The Morgan fingerprint density at radius 2 is 2.08 bits per heavy atom. The first-order chi connectivity index (χ1) is 5.56. The summed E-state index contributed by atoms with van der Waals surface area (Å²) in [6.45, 7) is 2.45. The summed E-state index contributed by atoms with van der Waals surface area (Å²) in [5.41, 5.74) is -0.569. The van der Waals surface area contributed by atoms with E-state index in [4.69, 9.17) is 9.84 Å². The Kier molecular flexibility index (Phi) is 1.49. The van der Waals surface area contributed by atoms with Crippen molar-refractivity contribution in [1.29, 1.82) is 0 Å². The van der Waals surface area contributed by atoms with Crippen molar-refractivity contribution in [3.63, 3.8) is 0 Å². The maximum absolute atomic E-state index is 10.9. The molecule has 0 radical (unpaired) electrons. The first kappa shape index (κ1) is 8.05. The Bertz CT molecular complexity index is 220. The lowest BCUT2D eigenvalue weighted by Gasteiger charge is -2.35. The number of rotatable bonds is 1. The van der Waals surface area contributed by atoms with Crippen LogP contribution in [0.4, 0.5) is 0 Å². The summed E-state index contributed by atoms with van der Waals surface area (Å²) in [4.78, 5) is 10.9. The SMILES string of the molecule is CC1(C(=O)O)CCOC2(CC2)C1. The fourth-order valence-electron chi connectivity index (χ4n) is 1.99. The molecule has 3 nitrogen and oxygen atoms in total. The molecule has 1 aliphatic carbocycles. The van der Waals surface area contributed by atoms with Gasteiger partial charge in [0.1, 0.15) is 0 Å². The molecular formula is C9H14O3. The van der Waals surface area contributed by atoms with Crippen LogP contribution in [0, 0.1) is 5.41 Å². The van der Waals surface area contributed by atoms with Gasteiger partial charge in [-0.1, -0.05) is 0 Å². The molecule has 0 aromatic heterocycles. The topological polar surface area (TPSA) is 46.5 Å². The average Bonchev–Trinajstić information content (AvgIpc) is 2.68. The number of hydrogen-bond acceptors (Lipinski definition) is 2. The van der Waals surface area contributed by atoms with Crippen molar-refractivity contribution in [1.82, 2.24) is 0 Å². The van der Waals surface area contributed by atoms with E-state index >= 15 is 0 Å². The van der Waals surface area contributed by atoms with Gasteiger partial charge < -0.3 is 9.84 Å². The number of carbonyl (C=O) groups is 1. The largest absolute Gasteiger partial charge is 0.481 e. The van der Waals surface area contributed by atoms with Gasteiger partial charge in [0.15, 0.2) is 0 Å². The van der Waals surface area contributed by atoms with Crippen molar-refractivity contribution in [2.24, 2.45) is 5.41 Å². The van der Waals surface area contributed by atoms with Crippen molar-refractivity contribution >= 4 is 5.97 Å². The number of hydrogen-bond donors (Lipinski definition) is 1. The number of carboxylic acid groups (broad SMARTS) is 1. The molecule has 0 aromatic rings. The Labute approximate surface area is 71.7 Å². The molecule has 1 atom stereocenters. The third-order valence-electron chi connectivity index (χ3n) is 3.10. The molecule has 12 heavy (non-hydrogen) atoms. The summed E-state index contributed by atoms with van der Waals surface area (Å²) in [5, 5.41) is 9.00. The van der Waals surface area contributed by atoms with Crippen LogP contribution in [0.1, 0.15) is 32.6 Å². The highest BCUT2D eigenvalue weighted by atomic mass is 16.5. The van der Waals surface area contributed by atoms with Crippen LogP contribution >= 0.6 is 0 Å². The first-order valence-electron chi connectivity index (χ1n) is 4.44. The van der Waals surface area contributed by atoms with E-state index in [0.29, 0.717) is 19.4 Å². The van der Waals surface area contributed by atoms with Gasteiger partial charge in [0.05, 0.1) is 11.0 Å². The standard InChI is InChI=1S/C9H14O3/c1-8(7(10)11)4-5-12-9(6-8)2-3-9/h2-6H2,1H3,(H,10,11). The van der Waals surface area contributed by atoms with Crippen LogP contribution in [0.25, 0.3) is 0 Å². The van der Waals surface area contributed by atoms with Gasteiger partial charge >= 0.3 is 5.97 Å². The third kappa shape index (κ3) is 1.12. The van der Waals surface area contributed by atoms with Gasteiger partial charge in [-0.2, -0.15) is 0 Å². The Balaban J connectivity index is 2.12. The summed E-state index contributed by atoms with van der Waals surface area (Å²) in [6.07, 6.45) is 3.46. The van der Waals surface area contributed by atoms with Crippen molar-refractivity contribution < 1.29 is 14.6 Å². The van der Waals surface area contributed by atoms with Gasteiger partial charge in [-0.15, -0.1) is 0 Å². The zero-order chi connectivity index (χ0) is 8.82. The summed E-state index contributed by atoms with van der Waals surface area (Å²) < 4.78 is 5.56. The molecule has 1 unspecified atom stereocenters. The van der Waals surface area contributed by atoms with Gasteiger partial charge in [-0.3, -0.25) is 4.79 Å². The number of aliphatic carboxylic acids is 1. The van der Waals surface area contributed by atoms with E-state index in [1.807, 2.05) is 6.92 Å². The van der Waals surface area contributed by atoms with Crippen molar-refractivity contribution in [3.8, 4) is 0 Å². The molecule has 68 valence electrons. The summed E-state index contributed by atoms with van der Waals surface area (Å²) in [6, 6.07) is 0. The minimum absolute atomic E-state index is 0.0363. The van der Waals surface area contributed by atoms with Gasteiger partial charge in [-0.25, -0.2) is 0 Å². The van der Waals surface area contributed by atoms with Gasteiger partial charge in [0, 0.05) is 6.61 Å². The van der Waals surface area contributed by atoms with E-state index in [1.165, 1.54) is 0 Å². The van der Waals surface area contributed by atoms with E-state index in [0.717, 1.165) is 12.8 Å². The molecule has 2 rings (SSSR count). The second kappa shape index (κ2) is 2.22. The predicted octanol–water partition coefficient (Wildman–Crippen LogP) is 1.42. The molecule has 3 heteroatoms. The van der Waals surface area contributed by atoms with Crippen LogP contribution in [0.5, 0.6) is 0 Å². The Morgan fingerprint density at radius 3 is 2.58 bits per heavy atom. The van der Waals surface area contributed by atoms with Crippen LogP contribution in [0.15, 0.2) is 0 Å². The Hall–Kier alpha value is -0.570. The molecule has 1 heterocycles. The molecular weight excluding hydrogens is 156 g/mol. The van der Waals surface area contributed by atoms with Crippen molar-refractivity contribution in [2.75, 3.05) is 6.61 Å². The molecule has 0 aromatic carbocycles. The van der Waals surface area contributed by atoms with E-state index in [9.17, 15) is 4.79 Å². The summed E-state index contributed by atoms with van der Waals surface area (Å²) in [7, 11) is 0. The normalized spacial score (nSPS) is 38.1. The first-order valence-corrected chi connectivity index (χ1v) is 4.44. The van der Waals surface area contributed by atoms with Crippen molar-refractivity contribution in [3.05, 3.63) is 0 Å². The molecule has 1 N–H and O–H groups in total. The summed E-state index contributed by atoms with van der Waals surface area (Å²) in [5.74, 6) is -0.669. The second-order valence-corrected chi connectivity index (χ2v) is 4.32. The van der Waals surface area contributed by atoms with Crippen molar-refractivity contribution in [2.45, 2.75) is 38.2 Å². The monoisotopic (exact) mass is 170 g/mol. The minimum atomic E-state index is -0.669. The van der Waals surface area contributed by atoms with Crippen LogP contribution in [-0.2, 0) is 9.53 Å². The van der Waals surface area contributed by atoms with E-state index in [2.05, 4.69) is 0 Å². The van der Waals surface area contributed by atoms with Gasteiger partial charge in [0.2, 0.25) is 0 Å². The quantitative estimate of drug-likeness (QED) is 0.647. The highest BCUT2D eigenvalue weighted by Gasteiger charge is 2.54. The molecule has 2 fully saturated rings. The minimum Gasteiger partial charge on any atom is -0.481 e. The molecule has 0 amide bonds. The lowest BCUT2D eigenvalue weighted by molar-refractivity contribution is -0.158. The van der Waals surface area contributed by atoms with Gasteiger partial charge in [0.25, 0.3) is 0 Å². The van der Waals surface area contributed by atoms with Crippen LogP contribution in [-0.4, -0.2) is 23.3 Å². The molecule has 1 aliphatic heterocycles. The Morgan fingerprint density at radius 1 is 1.42 bits per heavy atom. The molecule has 1 spiro atoms. The van der Waals surface area contributed by atoms with Crippen LogP contribution in [0.2, 0.25) is 0 Å². The van der Waals surface area contributed by atoms with Crippen LogP contribution in [0.3, 0.4) is 0 Å². The molecule has 2 aliphatic rings. The highest BCUT2D eigenvalue weighted by molar-refractivity contribution is 5.74. The summed E-state index contributed by atoms with van der Waals surface area (Å²) >= 11 is 0. The fourth-order valence-corrected chi connectivity index (χ4v) is 1.99. The molecule has 1 saturated heterocycles. The van der Waals surface area contributed by atoms with Gasteiger partial charge in [-0.05, 0) is 32.6 Å². The second-order valence-electron chi connectivity index (χ2n) is 4.32. The predicted molar refractivity (Wildman–Crippen MR) is 42.9 cm³/mol. The number of ether oxygens (including phenoxy) is 1. The lowest BCUT2D eigenvalue weighted by Crippen LogP contribution is -2.40. The molecule has 1 saturated carbocycles. The number of carboxylic acids is 1. The van der Waals surface area contributed by atoms with Crippen LogP contribution < -0.4 is 0 Å². The highest BCUT2D eigenvalue weighted by Crippen LogP contribution is 2.52. The average molecular weight is 170 g/mol. The maximum atomic E-state index is 10.9. The van der Waals surface area contributed by atoms with E-state index in [1.54, 1.807) is 0 Å². The third-order valence-corrected chi connectivity index (χ3v) is 3.10. The fraction of sp³-hybridized carbons (Fsp3) is 0.889.